The molecule has 96 valence electrons. The molecular formula is C15H16N4. The van der Waals surface area contributed by atoms with Crippen molar-refractivity contribution >= 4 is 11.5 Å². The Morgan fingerprint density at radius 2 is 2.16 bits per heavy atom. The van der Waals surface area contributed by atoms with Gasteiger partial charge in [0.2, 0.25) is 0 Å². The predicted molar refractivity (Wildman–Crippen MR) is 77.0 cm³/mol. The van der Waals surface area contributed by atoms with Crippen molar-refractivity contribution in [2.24, 2.45) is 0 Å². The van der Waals surface area contributed by atoms with E-state index in [0.29, 0.717) is 5.56 Å². The van der Waals surface area contributed by atoms with Crippen LogP contribution in [0.4, 0.5) is 11.5 Å². The Morgan fingerprint density at radius 3 is 2.89 bits per heavy atom. The van der Waals surface area contributed by atoms with Crippen LogP contribution in [0.15, 0.2) is 42.6 Å². The molecule has 4 nitrogen and oxygen atoms in total. The SMILES string of the molecule is CNc1cc(N(C)Cc2cccc(C#N)c2)ccn1. The summed E-state index contributed by atoms with van der Waals surface area (Å²) in [6.07, 6.45) is 1.78. The maximum Gasteiger partial charge on any atom is 0.127 e. The van der Waals surface area contributed by atoms with Gasteiger partial charge < -0.3 is 10.2 Å². The number of rotatable bonds is 4. The number of hydrogen-bond acceptors (Lipinski definition) is 4. The molecule has 0 saturated carbocycles. The third-order valence-electron chi connectivity index (χ3n) is 2.92. The van der Waals surface area contributed by atoms with Gasteiger partial charge in [-0.2, -0.15) is 5.26 Å². The fourth-order valence-electron chi connectivity index (χ4n) is 1.90. The second-order valence-corrected chi connectivity index (χ2v) is 4.32. The Morgan fingerprint density at radius 1 is 1.32 bits per heavy atom. The lowest BCUT2D eigenvalue weighted by atomic mass is 10.1. The number of hydrogen-bond donors (Lipinski definition) is 1. The van der Waals surface area contributed by atoms with Crippen LogP contribution >= 0.6 is 0 Å². The van der Waals surface area contributed by atoms with E-state index in [1.807, 2.05) is 50.5 Å². The normalized spacial score (nSPS) is 9.74. The van der Waals surface area contributed by atoms with Gasteiger partial charge >= 0.3 is 0 Å². The number of anilines is 2. The summed E-state index contributed by atoms with van der Waals surface area (Å²) in [5, 5.41) is 11.9. The molecule has 0 aliphatic heterocycles. The van der Waals surface area contributed by atoms with Gasteiger partial charge in [0.1, 0.15) is 5.82 Å². The molecule has 1 heterocycles. The summed E-state index contributed by atoms with van der Waals surface area (Å²) in [6.45, 7) is 0.753. The summed E-state index contributed by atoms with van der Waals surface area (Å²) in [7, 11) is 3.87. The molecule has 0 aliphatic rings. The van der Waals surface area contributed by atoms with Crippen molar-refractivity contribution in [2.75, 3.05) is 24.3 Å². The van der Waals surface area contributed by atoms with E-state index in [-0.39, 0.29) is 0 Å². The molecule has 0 aliphatic carbocycles. The molecule has 0 spiro atoms. The molecule has 4 heteroatoms. The average molecular weight is 252 g/mol. The van der Waals surface area contributed by atoms with Crippen LogP contribution < -0.4 is 10.2 Å². The van der Waals surface area contributed by atoms with E-state index in [9.17, 15) is 0 Å². The van der Waals surface area contributed by atoms with Gasteiger partial charge in [-0.15, -0.1) is 0 Å². The monoisotopic (exact) mass is 252 g/mol. The van der Waals surface area contributed by atoms with Gasteiger partial charge in [-0.25, -0.2) is 4.98 Å². The number of benzene rings is 1. The first kappa shape index (κ1) is 12.9. The first-order valence-corrected chi connectivity index (χ1v) is 6.07. The lowest BCUT2D eigenvalue weighted by molar-refractivity contribution is 0.920. The highest BCUT2D eigenvalue weighted by molar-refractivity contribution is 5.53. The summed E-state index contributed by atoms with van der Waals surface area (Å²) in [5.74, 6) is 0.843. The maximum atomic E-state index is 8.90. The van der Waals surface area contributed by atoms with E-state index in [2.05, 4.69) is 21.3 Å². The number of nitriles is 1. The minimum Gasteiger partial charge on any atom is -0.373 e. The minimum atomic E-state index is 0.691. The molecule has 1 aromatic heterocycles. The summed E-state index contributed by atoms with van der Waals surface area (Å²) >= 11 is 0. The summed E-state index contributed by atoms with van der Waals surface area (Å²) in [5.41, 5.74) is 2.89. The first-order chi connectivity index (χ1) is 9.22. The summed E-state index contributed by atoms with van der Waals surface area (Å²) < 4.78 is 0. The van der Waals surface area contributed by atoms with Crippen LogP contribution in [0.25, 0.3) is 0 Å². The zero-order chi connectivity index (χ0) is 13.7. The van der Waals surface area contributed by atoms with Gasteiger partial charge in [-0.1, -0.05) is 12.1 Å². The van der Waals surface area contributed by atoms with Crippen LogP contribution in [0.5, 0.6) is 0 Å². The Kier molecular flexibility index (Phi) is 3.99. The Hall–Kier alpha value is -2.54. The number of nitrogens with zero attached hydrogens (tertiary/aromatic N) is 3. The van der Waals surface area contributed by atoms with E-state index in [1.165, 1.54) is 0 Å². The molecule has 0 saturated heterocycles. The van der Waals surface area contributed by atoms with Gasteiger partial charge in [-0.3, -0.25) is 0 Å². The highest BCUT2D eigenvalue weighted by Crippen LogP contribution is 2.18. The Balaban J connectivity index is 2.15. The van der Waals surface area contributed by atoms with Gasteiger partial charge in [0.25, 0.3) is 0 Å². The topological polar surface area (TPSA) is 52.0 Å². The van der Waals surface area contributed by atoms with Crippen LogP contribution in [-0.2, 0) is 6.54 Å². The van der Waals surface area contributed by atoms with Crippen LogP contribution in [0.3, 0.4) is 0 Å². The third-order valence-corrected chi connectivity index (χ3v) is 2.92. The van der Waals surface area contributed by atoms with Gasteiger partial charge in [-0.05, 0) is 23.8 Å². The zero-order valence-corrected chi connectivity index (χ0v) is 11.1. The average Bonchev–Trinajstić information content (AvgIpc) is 2.47. The van der Waals surface area contributed by atoms with Crippen LogP contribution in [0.2, 0.25) is 0 Å². The molecule has 2 rings (SSSR count). The summed E-state index contributed by atoms with van der Waals surface area (Å²) in [4.78, 5) is 6.32. The molecule has 0 bridgehead atoms. The predicted octanol–water partition coefficient (Wildman–Crippen LogP) is 2.63. The molecular weight excluding hydrogens is 236 g/mol. The van der Waals surface area contributed by atoms with E-state index >= 15 is 0 Å². The van der Waals surface area contributed by atoms with Crippen LogP contribution in [-0.4, -0.2) is 19.1 Å². The largest absolute Gasteiger partial charge is 0.373 e. The van der Waals surface area contributed by atoms with Gasteiger partial charge in [0.15, 0.2) is 0 Å². The molecule has 0 unspecified atom stereocenters. The Bertz CT molecular complexity index is 601. The van der Waals surface area contributed by atoms with E-state index in [1.54, 1.807) is 6.20 Å². The van der Waals surface area contributed by atoms with E-state index < -0.39 is 0 Å². The molecule has 0 atom stereocenters. The van der Waals surface area contributed by atoms with Crippen molar-refractivity contribution in [3.8, 4) is 6.07 Å². The van der Waals surface area contributed by atoms with Crippen LogP contribution in [0, 0.1) is 11.3 Å². The maximum absolute atomic E-state index is 8.90. The number of nitrogens with one attached hydrogen (secondary N) is 1. The number of pyridine rings is 1. The smallest absolute Gasteiger partial charge is 0.127 e. The van der Waals surface area contributed by atoms with E-state index in [4.69, 9.17) is 5.26 Å². The second kappa shape index (κ2) is 5.87. The highest BCUT2D eigenvalue weighted by atomic mass is 15.1. The molecule has 2 aromatic rings. The van der Waals surface area contributed by atoms with Crippen molar-refractivity contribution in [2.45, 2.75) is 6.54 Å². The lowest BCUT2D eigenvalue weighted by Crippen LogP contribution is -2.16. The van der Waals surface area contributed by atoms with Gasteiger partial charge in [0, 0.05) is 38.6 Å². The minimum absolute atomic E-state index is 0.691. The molecule has 0 radical (unpaired) electrons. The quantitative estimate of drug-likeness (QED) is 0.908. The Labute approximate surface area is 113 Å². The summed E-state index contributed by atoms with van der Waals surface area (Å²) in [6, 6.07) is 13.8. The fourth-order valence-corrected chi connectivity index (χ4v) is 1.90. The number of aromatic nitrogens is 1. The lowest BCUT2D eigenvalue weighted by Gasteiger charge is -2.20. The van der Waals surface area contributed by atoms with Gasteiger partial charge in [0.05, 0.1) is 11.6 Å². The van der Waals surface area contributed by atoms with Crippen LogP contribution in [0.1, 0.15) is 11.1 Å². The fraction of sp³-hybridized carbons (Fsp3) is 0.200. The molecule has 0 amide bonds. The second-order valence-electron chi connectivity index (χ2n) is 4.32. The molecule has 0 fully saturated rings. The molecule has 19 heavy (non-hydrogen) atoms. The third kappa shape index (κ3) is 3.23. The van der Waals surface area contributed by atoms with E-state index in [0.717, 1.165) is 23.6 Å². The van der Waals surface area contributed by atoms with Crippen molar-refractivity contribution in [3.05, 3.63) is 53.7 Å². The molecule has 1 aromatic carbocycles. The van der Waals surface area contributed by atoms with Crippen molar-refractivity contribution < 1.29 is 0 Å². The highest BCUT2D eigenvalue weighted by Gasteiger charge is 2.04. The first-order valence-electron chi connectivity index (χ1n) is 6.07. The van der Waals surface area contributed by atoms with Crippen molar-refractivity contribution in [1.29, 1.82) is 5.26 Å². The zero-order valence-electron chi connectivity index (χ0n) is 11.1. The standard InChI is InChI=1S/C15H16N4/c1-17-15-9-14(6-7-18-15)19(2)11-13-5-3-4-12(8-13)10-16/h3-9H,11H2,1-2H3,(H,17,18). The van der Waals surface area contributed by atoms with Crippen molar-refractivity contribution in [1.82, 2.24) is 4.98 Å². The molecule has 1 N–H and O–H groups in total. The van der Waals surface area contributed by atoms with Crippen molar-refractivity contribution in [3.63, 3.8) is 0 Å².